The lowest BCUT2D eigenvalue weighted by Gasteiger charge is -2.09. The van der Waals surface area contributed by atoms with Crippen LogP contribution >= 0.6 is 0 Å². The molecule has 0 aliphatic heterocycles. The van der Waals surface area contributed by atoms with Crippen LogP contribution in [0, 0.1) is 0 Å². The number of nitrogens with zero attached hydrogens (tertiary/aromatic N) is 2. The van der Waals surface area contributed by atoms with Gasteiger partial charge in [-0.05, 0) is 36.8 Å². The van der Waals surface area contributed by atoms with Crippen LogP contribution in [0.3, 0.4) is 0 Å². The van der Waals surface area contributed by atoms with Crippen molar-refractivity contribution in [1.29, 1.82) is 0 Å². The zero-order chi connectivity index (χ0) is 14.2. The maximum Gasteiger partial charge on any atom is 0.159 e. The Balaban J connectivity index is 1.86. The molecular weight excluding hydrogens is 255 g/mol. The van der Waals surface area contributed by atoms with Crippen LogP contribution in [0.4, 0.5) is 4.39 Å². The van der Waals surface area contributed by atoms with Crippen LogP contribution in [0.5, 0.6) is 5.75 Å². The fourth-order valence-electron chi connectivity index (χ4n) is 1.91. The van der Waals surface area contributed by atoms with Crippen molar-refractivity contribution in [2.45, 2.75) is 32.4 Å². The number of halogens is 1. The van der Waals surface area contributed by atoms with Crippen molar-refractivity contribution in [2.24, 2.45) is 0 Å². The Labute approximate surface area is 118 Å². The molecule has 3 nitrogen and oxygen atoms in total. The minimum Gasteiger partial charge on any atom is -0.493 e. The summed E-state index contributed by atoms with van der Waals surface area (Å²) < 4.78 is 18.8. The molecule has 0 bridgehead atoms. The van der Waals surface area contributed by atoms with E-state index in [1.54, 1.807) is 18.5 Å². The predicted octanol–water partition coefficient (Wildman–Crippen LogP) is 4.05. The highest BCUT2D eigenvalue weighted by molar-refractivity contribution is 5.55. The second kappa shape index (κ2) is 7.58. The molecule has 0 radical (unpaired) electrons. The molecule has 20 heavy (non-hydrogen) atoms. The van der Waals surface area contributed by atoms with Crippen molar-refractivity contribution in [3.8, 4) is 17.1 Å². The topological polar surface area (TPSA) is 35.0 Å². The highest BCUT2D eigenvalue weighted by Crippen LogP contribution is 2.19. The third-order valence-corrected chi connectivity index (χ3v) is 2.98. The molecule has 0 aliphatic carbocycles. The van der Waals surface area contributed by atoms with Crippen LogP contribution in [0.2, 0.25) is 0 Å². The number of rotatable bonds is 7. The summed E-state index contributed by atoms with van der Waals surface area (Å²) in [5.41, 5.74) is 0.937. The Morgan fingerprint density at radius 1 is 1.10 bits per heavy atom. The molecule has 1 aromatic carbocycles. The van der Waals surface area contributed by atoms with Crippen LogP contribution in [0.15, 0.2) is 42.7 Å². The molecule has 0 aliphatic rings. The first-order valence-electron chi connectivity index (χ1n) is 6.94. The number of benzene rings is 1. The first kappa shape index (κ1) is 14.4. The third kappa shape index (κ3) is 4.30. The van der Waals surface area contributed by atoms with E-state index in [4.69, 9.17) is 4.74 Å². The molecule has 1 heterocycles. The van der Waals surface area contributed by atoms with E-state index in [0.29, 0.717) is 25.3 Å². The maximum absolute atomic E-state index is 13.3. The molecule has 0 N–H and O–H groups in total. The van der Waals surface area contributed by atoms with Crippen molar-refractivity contribution in [1.82, 2.24) is 9.97 Å². The van der Waals surface area contributed by atoms with Gasteiger partial charge in [0.1, 0.15) is 11.9 Å². The summed E-state index contributed by atoms with van der Waals surface area (Å²) in [7, 11) is 0. The van der Waals surface area contributed by atoms with Crippen LogP contribution in [0.1, 0.15) is 26.2 Å². The first-order chi connectivity index (χ1) is 9.79. The van der Waals surface area contributed by atoms with E-state index >= 15 is 0 Å². The van der Waals surface area contributed by atoms with Gasteiger partial charge in [-0.2, -0.15) is 0 Å². The number of ether oxygens (including phenoxy) is 1. The van der Waals surface area contributed by atoms with Gasteiger partial charge in [-0.3, -0.25) is 0 Å². The Bertz CT molecular complexity index is 502. The van der Waals surface area contributed by atoms with E-state index in [1.807, 2.05) is 31.2 Å². The summed E-state index contributed by atoms with van der Waals surface area (Å²) >= 11 is 0. The van der Waals surface area contributed by atoms with Gasteiger partial charge in [0.2, 0.25) is 0 Å². The third-order valence-electron chi connectivity index (χ3n) is 2.98. The minimum absolute atomic E-state index is 0.405. The lowest BCUT2D eigenvalue weighted by molar-refractivity contribution is 0.225. The summed E-state index contributed by atoms with van der Waals surface area (Å²) in [4.78, 5) is 8.37. The van der Waals surface area contributed by atoms with E-state index < -0.39 is 6.17 Å². The minimum atomic E-state index is -0.767. The van der Waals surface area contributed by atoms with Gasteiger partial charge in [-0.1, -0.05) is 13.3 Å². The Morgan fingerprint density at radius 3 is 2.45 bits per heavy atom. The van der Waals surface area contributed by atoms with Gasteiger partial charge in [0.25, 0.3) is 0 Å². The summed E-state index contributed by atoms with van der Waals surface area (Å²) in [6.07, 6.45) is 4.57. The van der Waals surface area contributed by atoms with Crippen LogP contribution in [0.25, 0.3) is 11.4 Å². The number of aromatic nitrogens is 2. The second-order valence-electron chi connectivity index (χ2n) is 4.62. The van der Waals surface area contributed by atoms with Crippen LogP contribution in [-0.4, -0.2) is 22.7 Å². The van der Waals surface area contributed by atoms with Crippen LogP contribution in [-0.2, 0) is 0 Å². The van der Waals surface area contributed by atoms with Crippen molar-refractivity contribution >= 4 is 0 Å². The summed E-state index contributed by atoms with van der Waals surface area (Å²) in [6, 6.07) is 9.31. The van der Waals surface area contributed by atoms with Gasteiger partial charge in [0.15, 0.2) is 5.82 Å². The molecule has 0 saturated heterocycles. The zero-order valence-electron chi connectivity index (χ0n) is 11.6. The Morgan fingerprint density at radius 2 is 1.80 bits per heavy atom. The molecule has 0 unspecified atom stereocenters. The lowest BCUT2D eigenvalue weighted by Crippen LogP contribution is -2.07. The molecule has 0 saturated carbocycles. The summed E-state index contributed by atoms with van der Waals surface area (Å²) in [6.45, 7) is 2.39. The highest BCUT2D eigenvalue weighted by atomic mass is 19.1. The van der Waals surface area contributed by atoms with E-state index in [-0.39, 0.29) is 0 Å². The average molecular weight is 274 g/mol. The molecule has 2 rings (SSSR count). The first-order valence-corrected chi connectivity index (χ1v) is 6.94. The van der Waals surface area contributed by atoms with E-state index in [9.17, 15) is 4.39 Å². The Hall–Kier alpha value is -1.97. The van der Waals surface area contributed by atoms with Gasteiger partial charge < -0.3 is 4.74 Å². The van der Waals surface area contributed by atoms with Crippen molar-refractivity contribution in [3.05, 3.63) is 42.7 Å². The quantitative estimate of drug-likeness (QED) is 0.764. The summed E-state index contributed by atoms with van der Waals surface area (Å²) in [5.74, 6) is 1.43. The van der Waals surface area contributed by atoms with Gasteiger partial charge >= 0.3 is 0 Å². The Kier molecular flexibility index (Phi) is 5.47. The van der Waals surface area contributed by atoms with Crippen molar-refractivity contribution < 1.29 is 9.13 Å². The summed E-state index contributed by atoms with van der Waals surface area (Å²) in [5, 5.41) is 0. The van der Waals surface area contributed by atoms with Gasteiger partial charge in [-0.15, -0.1) is 0 Å². The van der Waals surface area contributed by atoms with Gasteiger partial charge in [0, 0.05) is 24.4 Å². The smallest absolute Gasteiger partial charge is 0.159 e. The van der Waals surface area contributed by atoms with Crippen LogP contribution < -0.4 is 4.74 Å². The molecule has 0 spiro atoms. The average Bonchev–Trinajstić information content (AvgIpc) is 2.49. The molecule has 4 heteroatoms. The predicted molar refractivity (Wildman–Crippen MR) is 77.4 cm³/mol. The molecule has 0 fully saturated rings. The molecule has 106 valence electrons. The molecule has 2 aromatic rings. The van der Waals surface area contributed by atoms with Gasteiger partial charge in [-0.25, -0.2) is 14.4 Å². The number of alkyl halides is 1. The fraction of sp³-hybridized carbons (Fsp3) is 0.375. The van der Waals surface area contributed by atoms with E-state index in [0.717, 1.165) is 17.7 Å². The lowest BCUT2D eigenvalue weighted by atomic mass is 10.2. The normalized spacial score (nSPS) is 12.1. The molecule has 1 atom stereocenters. The van der Waals surface area contributed by atoms with Gasteiger partial charge in [0.05, 0.1) is 6.61 Å². The fourth-order valence-corrected chi connectivity index (χ4v) is 1.91. The second-order valence-corrected chi connectivity index (χ2v) is 4.62. The van der Waals surface area contributed by atoms with Crippen molar-refractivity contribution in [2.75, 3.05) is 6.61 Å². The molecule has 1 aromatic heterocycles. The maximum atomic E-state index is 13.3. The largest absolute Gasteiger partial charge is 0.493 e. The molecular formula is C16H19FN2O. The standard InChI is InChI=1S/C16H19FN2O/c1-2-4-14(17)9-12-20-15-7-5-13(6-8-15)16-18-10-3-11-19-16/h3,5-8,10-11,14H,2,4,9,12H2,1H3/t14-/m1/s1. The zero-order valence-corrected chi connectivity index (χ0v) is 11.6. The SMILES string of the molecule is CCC[C@@H](F)CCOc1ccc(-c2ncccn2)cc1. The monoisotopic (exact) mass is 274 g/mol. The number of hydrogen-bond acceptors (Lipinski definition) is 3. The van der Waals surface area contributed by atoms with E-state index in [2.05, 4.69) is 9.97 Å². The van der Waals surface area contributed by atoms with E-state index in [1.165, 1.54) is 0 Å². The molecule has 0 amide bonds. The highest BCUT2D eigenvalue weighted by Gasteiger charge is 2.05. The van der Waals surface area contributed by atoms with Crippen molar-refractivity contribution in [3.63, 3.8) is 0 Å². The number of hydrogen-bond donors (Lipinski definition) is 0.